The minimum absolute atomic E-state index is 0.622. The first kappa shape index (κ1) is 13.5. The number of likely N-dealkylation sites (tertiary alicyclic amines) is 1. The lowest BCUT2D eigenvalue weighted by Gasteiger charge is -2.43. The first-order valence-electron chi connectivity index (χ1n) is 6.10. The topological polar surface area (TPSA) is 66.8 Å². The number of ether oxygens (including phenoxy) is 1. The molecule has 19 heavy (non-hydrogen) atoms. The summed E-state index contributed by atoms with van der Waals surface area (Å²) in [6.07, 6.45) is -1.91. The van der Waals surface area contributed by atoms with Crippen molar-refractivity contribution in [3.8, 4) is 0 Å². The number of β-lactam (4-membered cyclic amide) rings is 1. The number of hydrogen-bond donors (Lipinski definition) is 1. The normalized spacial score (nSPS) is 22.9. The third-order valence-electron chi connectivity index (χ3n) is 2.80. The molecule has 1 aliphatic heterocycles. The van der Waals surface area contributed by atoms with E-state index in [4.69, 9.17) is 4.74 Å². The summed E-state index contributed by atoms with van der Waals surface area (Å²) in [6.45, 7) is 5.18. The van der Waals surface area contributed by atoms with E-state index in [1.165, 1.54) is 0 Å². The van der Waals surface area contributed by atoms with Crippen LogP contribution in [0.15, 0.2) is 30.3 Å². The first-order valence-corrected chi connectivity index (χ1v) is 6.10. The van der Waals surface area contributed by atoms with Crippen LogP contribution in [0.5, 0.6) is 0 Å². The summed E-state index contributed by atoms with van der Waals surface area (Å²) >= 11 is 0. The van der Waals surface area contributed by atoms with Crippen LogP contribution in [-0.4, -0.2) is 33.7 Å². The van der Waals surface area contributed by atoms with Crippen molar-refractivity contribution in [1.29, 1.82) is 0 Å². The van der Waals surface area contributed by atoms with Gasteiger partial charge in [0.2, 0.25) is 0 Å². The zero-order valence-corrected chi connectivity index (χ0v) is 11.2. The lowest BCUT2D eigenvalue weighted by atomic mass is 9.91. The Morgan fingerprint density at radius 3 is 2.37 bits per heavy atom. The molecule has 1 heterocycles. The average molecular weight is 263 g/mol. The molecule has 2 rings (SSSR count). The summed E-state index contributed by atoms with van der Waals surface area (Å²) in [4.78, 5) is 24.6. The lowest BCUT2D eigenvalue weighted by Crippen LogP contribution is -2.61. The number of aliphatic hydroxyl groups excluding tert-OH is 1. The molecule has 0 aromatic heterocycles. The van der Waals surface area contributed by atoms with Crippen LogP contribution in [0.2, 0.25) is 0 Å². The van der Waals surface area contributed by atoms with Crippen LogP contribution in [-0.2, 0) is 9.53 Å². The maximum Gasteiger partial charge on any atom is 0.417 e. The highest BCUT2D eigenvalue weighted by molar-refractivity contribution is 6.01. The Morgan fingerprint density at radius 1 is 1.26 bits per heavy atom. The molecule has 0 bridgehead atoms. The van der Waals surface area contributed by atoms with E-state index in [9.17, 15) is 14.7 Å². The summed E-state index contributed by atoms with van der Waals surface area (Å²) in [7, 11) is 0. The fraction of sp³-hybridized carbons (Fsp3) is 0.429. The van der Waals surface area contributed by atoms with Gasteiger partial charge in [-0.3, -0.25) is 4.79 Å². The molecule has 1 aromatic rings. The monoisotopic (exact) mass is 263 g/mol. The van der Waals surface area contributed by atoms with Crippen LogP contribution < -0.4 is 0 Å². The highest BCUT2D eigenvalue weighted by Gasteiger charge is 2.52. The van der Waals surface area contributed by atoms with Crippen molar-refractivity contribution in [2.45, 2.75) is 38.5 Å². The van der Waals surface area contributed by atoms with Gasteiger partial charge >= 0.3 is 6.09 Å². The van der Waals surface area contributed by atoms with Gasteiger partial charge in [-0.15, -0.1) is 0 Å². The zero-order chi connectivity index (χ0) is 14.2. The minimum Gasteiger partial charge on any atom is -0.443 e. The van der Waals surface area contributed by atoms with E-state index in [0.29, 0.717) is 5.56 Å². The van der Waals surface area contributed by atoms with Crippen LogP contribution >= 0.6 is 0 Å². The van der Waals surface area contributed by atoms with Crippen molar-refractivity contribution in [3.63, 3.8) is 0 Å². The van der Waals surface area contributed by atoms with Gasteiger partial charge in [-0.2, -0.15) is 0 Å². The molecule has 1 aromatic carbocycles. The molecule has 0 spiro atoms. The van der Waals surface area contributed by atoms with Gasteiger partial charge < -0.3 is 9.84 Å². The standard InChI is InChI=1S/C14H17NO4/c1-14(2,3)19-13(18)15-10(11(16)12(15)17)9-7-5-4-6-8-9/h4-8,10-11,16H,1-3H3/t10-,11+/m1/s1. The van der Waals surface area contributed by atoms with Crippen molar-refractivity contribution in [1.82, 2.24) is 4.90 Å². The molecular weight excluding hydrogens is 246 g/mol. The van der Waals surface area contributed by atoms with Gasteiger partial charge in [0.05, 0.1) is 0 Å². The molecule has 102 valence electrons. The number of amides is 2. The third kappa shape index (κ3) is 2.61. The second kappa shape index (κ2) is 4.66. The third-order valence-corrected chi connectivity index (χ3v) is 2.80. The van der Waals surface area contributed by atoms with Crippen molar-refractivity contribution in [2.24, 2.45) is 0 Å². The maximum atomic E-state index is 12.0. The van der Waals surface area contributed by atoms with E-state index < -0.39 is 29.7 Å². The number of carbonyl (C=O) groups is 2. The molecule has 0 saturated carbocycles. The second-order valence-corrected chi connectivity index (χ2v) is 5.49. The molecule has 1 saturated heterocycles. The summed E-state index contributed by atoms with van der Waals surface area (Å²) < 4.78 is 5.17. The van der Waals surface area contributed by atoms with Crippen molar-refractivity contribution in [3.05, 3.63) is 35.9 Å². The number of rotatable bonds is 1. The van der Waals surface area contributed by atoms with E-state index in [2.05, 4.69) is 0 Å². The molecule has 2 atom stereocenters. The zero-order valence-electron chi connectivity index (χ0n) is 11.2. The minimum atomic E-state index is -1.19. The van der Waals surface area contributed by atoms with Gasteiger partial charge in [-0.05, 0) is 26.3 Å². The van der Waals surface area contributed by atoms with Crippen molar-refractivity contribution in [2.75, 3.05) is 0 Å². The summed E-state index contributed by atoms with van der Waals surface area (Å²) in [5.41, 5.74) is 0.0274. The van der Waals surface area contributed by atoms with E-state index >= 15 is 0 Å². The Hall–Kier alpha value is -1.88. The Bertz CT molecular complexity index is 492. The number of hydrogen-bond acceptors (Lipinski definition) is 4. The molecule has 2 amide bonds. The highest BCUT2D eigenvalue weighted by Crippen LogP contribution is 2.35. The number of imide groups is 1. The van der Waals surface area contributed by atoms with E-state index in [-0.39, 0.29) is 0 Å². The maximum absolute atomic E-state index is 12.0. The Labute approximate surface area is 111 Å². The van der Waals surface area contributed by atoms with E-state index in [1.807, 2.05) is 6.07 Å². The summed E-state index contributed by atoms with van der Waals surface area (Å²) in [5.74, 6) is -0.622. The van der Waals surface area contributed by atoms with Gasteiger partial charge in [0.15, 0.2) is 6.10 Å². The van der Waals surface area contributed by atoms with Crippen LogP contribution in [0.4, 0.5) is 4.79 Å². The number of nitrogens with zero attached hydrogens (tertiary/aromatic N) is 1. The van der Waals surface area contributed by atoms with Gasteiger partial charge in [-0.1, -0.05) is 30.3 Å². The predicted molar refractivity (Wildman–Crippen MR) is 68.3 cm³/mol. The number of carbonyl (C=O) groups excluding carboxylic acids is 2. The molecule has 1 aliphatic rings. The van der Waals surface area contributed by atoms with E-state index in [0.717, 1.165) is 4.90 Å². The average Bonchev–Trinajstić information content (AvgIpc) is 2.33. The molecular formula is C14H17NO4. The molecule has 0 unspecified atom stereocenters. The van der Waals surface area contributed by atoms with Gasteiger partial charge in [0.1, 0.15) is 11.6 Å². The van der Waals surface area contributed by atoms with Crippen LogP contribution in [0.1, 0.15) is 32.4 Å². The predicted octanol–water partition coefficient (Wildman–Crippen LogP) is 1.87. The van der Waals surface area contributed by atoms with Gasteiger partial charge in [0.25, 0.3) is 5.91 Å². The largest absolute Gasteiger partial charge is 0.443 e. The Balaban J connectivity index is 2.20. The second-order valence-electron chi connectivity index (χ2n) is 5.49. The quantitative estimate of drug-likeness (QED) is 0.785. The smallest absolute Gasteiger partial charge is 0.417 e. The molecule has 1 fully saturated rings. The SMILES string of the molecule is CC(C)(C)OC(=O)N1C(=O)[C@@H](O)[C@H]1c1ccccc1. The molecule has 5 nitrogen and oxygen atoms in total. The van der Waals surface area contributed by atoms with Gasteiger partial charge in [-0.25, -0.2) is 9.69 Å². The molecule has 1 N–H and O–H groups in total. The first-order chi connectivity index (χ1) is 8.81. The summed E-state index contributed by atoms with van der Waals surface area (Å²) in [5, 5.41) is 9.75. The fourth-order valence-electron chi connectivity index (χ4n) is 1.97. The Kier molecular flexibility index (Phi) is 3.32. The van der Waals surface area contributed by atoms with Crippen LogP contribution in [0.3, 0.4) is 0 Å². The molecule has 0 aliphatic carbocycles. The van der Waals surface area contributed by atoms with Crippen molar-refractivity contribution >= 4 is 12.0 Å². The Morgan fingerprint density at radius 2 is 1.84 bits per heavy atom. The highest BCUT2D eigenvalue weighted by atomic mass is 16.6. The van der Waals surface area contributed by atoms with Crippen LogP contribution in [0.25, 0.3) is 0 Å². The molecule has 5 heteroatoms. The van der Waals surface area contributed by atoms with Crippen molar-refractivity contribution < 1.29 is 19.4 Å². The number of benzene rings is 1. The number of aliphatic hydroxyl groups is 1. The lowest BCUT2D eigenvalue weighted by molar-refractivity contribution is -0.164. The fourth-order valence-corrected chi connectivity index (χ4v) is 1.97. The van der Waals surface area contributed by atoms with Crippen LogP contribution in [0, 0.1) is 0 Å². The summed E-state index contributed by atoms with van der Waals surface area (Å²) in [6, 6.07) is 8.27. The van der Waals surface area contributed by atoms with E-state index in [1.54, 1.807) is 45.0 Å². The molecule has 0 radical (unpaired) electrons. The van der Waals surface area contributed by atoms with Gasteiger partial charge in [0, 0.05) is 0 Å².